The number of carbonyl (C=O) groups excluding carboxylic acids is 1. The van der Waals surface area contributed by atoms with E-state index in [1.54, 1.807) is 41.0 Å². The molecule has 0 saturated carbocycles. The number of piperazine rings is 1. The normalized spacial score (nSPS) is 22.1. The molecule has 178 valence electrons. The summed E-state index contributed by atoms with van der Waals surface area (Å²) in [7, 11) is 0. The number of aliphatic hydroxyl groups excluding tert-OH is 1. The summed E-state index contributed by atoms with van der Waals surface area (Å²) >= 11 is 5.89. The van der Waals surface area contributed by atoms with Gasteiger partial charge < -0.3 is 14.9 Å². The van der Waals surface area contributed by atoms with E-state index < -0.39 is 18.0 Å². The Kier molecular flexibility index (Phi) is 6.78. The lowest BCUT2D eigenvalue weighted by atomic mass is 10.1. The lowest BCUT2D eigenvalue weighted by molar-refractivity contribution is -0.141. The summed E-state index contributed by atoms with van der Waals surface area (Å²) in [6.45, 7) is 4.29. The van der Waals surface area contributed by atoms with Gasteiger partial charge in [0.1, 0.15) is 5.69 Å². The lowest BCUT2D eigenvalue weighted by Crippen LogP contribution is -2.54. The fourth-order valence-corrected chi connectivity index (χ4v) is 4.40. The fourth-order valence-electron chi connectivity index (χ4n) is 4.27. The van der Waals surface area contributed by atoms with Gasteiger partial charge in [-0.2, -0.15) is 13.2 Å². The summed E-state index contributed by atoms with van der Waals surface area (Å²) in [5.74, 6) is -0.0934. The van der Waals surface area contributed by atoms with E-state index in [1.165, 1.54) is 0 Å². The summed E-state index contributed by atoms with van der Waals surface area (Å²) in [5.41, 5.74) is -0.107. The highest BCUT2D eigenvalue weighted by molar-refractivity contribution is 6.30. The van der Waals surface area contributed by atoms with Crippen molar-refractivity contribution in [2.24, 2.45) is 0 Å². The third-order valence-electron chi connectivity index (χ3n) is 6.12. The molecule has 2 atom stereocenters. The van der Waals surface area contributed by atoms with Crippen molar-refractivity contribution in [1.29, 1.82) is 0 Å². The maximum Gasteiger partial charge on any atom is 0.433 e. The minimum atomic E-state index is -4.56. The number of nitrogens with zero attached hydrogens (tertiary/aromatic N) is 5. The van der Waals surface area contributed by atoms with Crippen LogP contribution in [0.25, 0.3) is 0 Å². The molecule has 11 heteroatoms. The van der Waals surface area contributed by atoms with Crippen LogP contribution in [0.5, 0.6) is 0 Å². The molecule has 4 rings (SSSR count). The number of β-amino-alcohol motifs (C(OH)–C–C–N with tert-alkyl or cyclic N) is 1. The number of aromatic nitrogens is 2. The molecule has 0 bridgehead atoms. The first-order valence-electron chi connectivity index (χ1n) is 10.8. The Labute approximate surface area is 194 Å². The zero-order valence-corrected chi connectivity index (χ0v) is 18.9. The van der Waals surface area contributed by atoms with Crippen LogP contribution < -0.4 is 4.90 Å². The zero-order valence-electron chi connectivity index (χ0n) is 18.1. The summed E-state index contributed by atoms with van der Waals surface area (Å²) in [4.78, 5) is 26.1. The first-order chi connectivity index (χ1) is 15.7. The van der Waals surface area contributed by atoms with Crippen LogP contribution in [0.2, 0.25) is 5.02 Å². The molecular formula is C22H25ClF3N5O2. The van der Waals surface area contributed by atoms with Gasteiger partial charge in [0.25, 0.3) is 5.91 Å². The van der Waals surface area contributed by atoms with Gasteiger partial charge in [0.05, 0.1) is 12.1 Å². The summed E-state index contributed by atoms with van der Waals surface area (Å²) < 4.78 is 39.8. The van der Waals surface area contributed by atoms with E-state index in [4.69, 9.17) is 11.6 Å². The van der Waals surface area contributed by atoms with Crippen molar-refractivity contribution >= 4 is 23.5 Å². The van der Waals surface area contributed by atoms with Gasteiger partial charge in [-0.15, -0.1) is 0 Å². The van der Waals surface area contributed by atoms with Crippen molar-refractivity contribution in [1.82, 2.24) is 19.8 Å². The maximum atomic E-state index is 13.3. The fraction of sp³-hybridized carbons (Fsp3) is 0.500. The highest BCUT2D eigenvalue weighted by atomic mass is 35.5. The quantitative estimate of drug-likeness (QED) is 0.721. The van der Waals surface area contributed by atoms with Crippen LogP contribution in [0, 0.1) is 0 Å². The molecule has 0 aliphatic carbocycles. The molecule has 7 nitrogen and oxygen atoms in total. The molecule has 0 unspecified atom stereocenters. The Morgan fingerprint density at radius 3 is 2.39 bits per heavy atom. The van der Waals surface area contributed by atoms with Crippen LogP contribution in [-0.2, 0) is 12.6 Å². The van der Waals surface area contributed by atoms with Gasteiger partial charge in [-0.1, -0.05) is 18.5 Å². The number of hydrogen-bond donors (Lipinski definition) is 1. The number of anilines is 1. The van der Waals surface area contributed by atoms with E-state index in [9.17, 15) is 23.1 Å². The van der Waals surface area contributed by atoms with Crippen LogP contribution in [0.4, 0.5) is 19.1 Å². The first-order valence-corrected chi connectivity index (χ1v) is 11.2. The molecule has 1 aromatic carbocycles. The average molecular weight is 484 g/mol. The molecule has 1 amide bonds. The molecule has 2 saturated heterocycles. The topological polar surface area (TPSA) is 72.8 Å². The molecule has 1 aromatic heterocycles. The number of halogens is 4. The molecule has 0 spiro atoms. The molecule has 1 N–H and O–H groups in total. The summed E-state index contributed by atoms with van der Waals surface area (Å²) in [5, 5.41) is 11.2. The van der Waals surface area contributed by atoms with E-state index in [-0.39, 0.29) is 24.4 Å². The van der Waals surface area contributed by atoms with Crippen LogP contribution in [0.1, 0.15) is 28.7 Å². The summed E-state index contributed by atoms with van der Waals surface area (Å²) in [6, 6.07) is 7.42. The second-order valence-corrected chi connectivity index (χ2v) is 8.71. The van der Waals surface area contributed by atoms with E-state index in [0.29, 0.717) is 55.4 Å². The second kappa shape index (κ2) is 9.44. The summed E-state index contributed by atoms with van der Waals surface area (Å²) in [6.07, 6.45) is -4.97. The van der Waals surface area contributed by atoms with Gasteiger partial charge in [0, 0.05) is 55.5 Å². The zero-order chi connectivity index (χ0) is 23.8. The van der Waals surface area contributed by atoms with Crippen molar-refractivity contribution < 1.29 is 23.1 Å². The highest BCUT2D eigenvalue weighted by Crippen LogP contribution is 2.30. The molecule has 33 heavy (non-hydrogen) atoms. The minimum absolute atomic E-state index is 0.0141. The number of carbonyl (C=O) groups is 1. The van der Waals surface area contributed by atoms with E-state index >= 15 is 0 Å². The second-order valence-electron chi connectivity index (χ2n) is 8.27. The Bertz CT molecular complexity index is 997. The molecule has 2 aliphatic heterocycles. The van der Waals surface area contributed by atoms with Gasteiger partial charge in [-0.05, 0) is 36.8 Å². The van der Waals surface area contributed by atoms with Crippen molar-refractivity contribution in [3.05, 3.63) is 52.3 Å². The first kappa shape index (κ1) is 23.7. The number of amides is 1. The van der Waals surface area contributed by atoms with Gasteiger partial charge >= 0.3 is 6.18 Å². The minimum Gasteiger partial charge on any atom is -0.390 e. The molecule has 2 fully saturated rings. The SMILES string of the molecule is CCc1cc(C(F)(F)F)nc(N2C[C@@H](O)[C@H](N3CCN(C(=O)c4ccc(Cl)cc4)CC3)C2)n1. The van der Waals surface area contributed by atoms with Gasteiger partial charge in [0.2, 0.25) is 5.95 Å². The number of aryl methyl sites for hydroxylation is 1. The predicted molar refractivity (Wildman–Crippen MR) is 117 cm³/mol. The van der Waals surface area contributed by atoms with Crippen LogP contribution in [0.15, 0.2) is 30.3 Å². The molecule has 2 aromatic rings. The Morgan fingerprint density at radius 2 is 1.79 bits per heavy atom. The van der Waals surface area contributed by atoms with Gasteiger partial charge in [0.15, 0.2) is 0 Å². The molecule has 0 radical (unpaired) electrons. The van der Waals surface area contributed by atoms with E-state index in [1.807, 2.05) is 0 Å². The van der Waals surface area contributed by atoms with E-state index in [0.717, 1.165) is 6.07 Å². The third-order valence-corrected chi connectivity index (χ3v) is 6.38. The monoisotopic (exact) mass is 483 g/mol. The number of hydrogen-bond acceptors (Lipinski definition) is 6. The standard InChI is InChI=1S/C22H25ClF3N5O2/c1-2-16-11-19(22(24,25)26)28-21(27-16)31-12-17(18(32)13-31)29-7-9-30(10-8-29)20(33)14-3-5-15(23)6-4-14/h3-6,11,17-18,32H,2,7-10,12-13H2,1H3/t17-,18-/m1/s1. The number of benzene rings is 1. The van der Waals surface area contributed by atoms with Crippen molar-refractivity contribution in [3.8, 4) is 0 Å². The van der Waals surface area contributed by atoms with Gasteiger partial charge in [-0.25, -0.2) is 9.97 Å². The van der Waals surface area contributed by atoms with Crippen LogP contribution in [0.3, 0.4) is 0 Å². The number of alkyl halides is 3. The lowest BCUT2D eigenvalue weighted by Gasteiger charge is -2.38. The van der Waals surface area contributed by atoms with E-state index in [2.05, 4.69) is 14.9 Å². The van der Waals surface area contributed by atoms with Crippen LogP contribution >= 0.6 is 11.6 Å². The van der Waals surface area contributed by atoms with Crippen molar-refractivity contribution in [2.75, 3.05) is 44.2 Å². The Hall–Kier alpha value is -2.43. The highest BCUT2D eigenvalue weighted by Gasteiger charge is 2.40. The van der Waals surface area contributed by atoms with Crippen molar-refractivity contribution in [2.45, 2.75) is 31.7 Å². The molecule has 3 heterocycles. The number of rotatable bonds is 4. The average Bonchev–Trinajstić information content (AvgIpc) is 3.20. The van der Waals surface area contributed by atoms with Crippen LogP contribution in [-0.4, -0.2) is 82.2 Å². The predicted octanol–water partition coefficient (Wildman–Crippen LogP) is 2.72. The Morgan fingerprint density at radius 1 is 1.12 bits per heavy atom. The number of aliphatic hydroxyl groups is 1. The molecule has 2 aliphatic rings. The Balaban J connectivity index is 1.41. The smallest absolute Gasteiger partial charge is 0.390 e. The molecular weight excluding hydrogens is 459 g/mol. The van der Waals surface area contributed by atoms with Crippen molar-refractivity contribution in [3.63, 3.8) is 0 Å². The van der Waals surface area contributed by atoms with Gasteiger partial charge in [-0.3, -0.25) is 9.69 Å². The largest absolute Gasteiger partial charge is 0.433 e. The maximum absolute atomic E-state index is 13.3. The third kappa shape index (κ3) is 5.23.